The molecule has 1 aliphatic rings. The maximum absolute atomic E-state index is 13.9. The number of hydrogen-bond acceptors (Lipinski definition) is 4. The van der Waals surface area contributed by atoms with Gasteiger partial charge in [0.05, 0.1) is 36.0 Å². The van der Waals surface area contributed by atoms with Gasteiger partial charge in [0.15, 0.2) is 0 Å². The number of hydrogen-bond donors (Lipinski definition) is 2. The summed E-state index contributed by atoms with van der Waals surface area (Å²) < 4.78 is 44.8. The second kappa shape index (κ2) is 17.3. The quantitative estimate of drug-likeness (QED) is 0.122. The van der Waals surface area contributed by atoms with Gasteiger partial charge in [-0.3, -0.25) is 4.79 Å². The smallest absolute Gasteiger partial charge is 0.503 e. The molecule has 0 radical (unpaired) electrons. The largest absolute Gasteiger partial charge is 0.796 e. The number of aromatic amines is 2. The summed E-state index contributed by atoms with van der Waals surface area (Å²) in [4.78, 5) is 20.4. The summed E-state index contributed by atoms with van der Waals surface area (Å²) in [6, 6.07) is 15.1. The summed E-state index contributed by atoms with van der Waals surface area (Å²) in [7, 11) is -3.15. The molecule has 5 rings (SSSR count). The summed E-state index contributed by atoms with van der Waals surface area (Å²) in [6.07, 6.45) is 9.08. The Morgan fingerprint density at radius 1 is 0.700 bits per heavy atom. The first-order valence-electron chi connectivity index (χ1n) is 17.2. The van der Waals surface area contributed by atoms with Crippen molar-refractivity contribution in [3.05, 3.63) is 123 Å². The molecule has 0 spiro atoms. The second-order valence-electron chi connectivity index (χ2n) is 11.6. The molecule has 50 heavy (non-hydrogen) atoms. The van der Waals surface area contributed by atoms with E-state index in [-0.39, 0.29) is 5.76 Å². The highest BCUT2D eigenvalue weighted by molar-refractivity contribution is 6.36. The van der Waals surface area contributed by atoms with Gasteiger partial charge in [-0.05, 0) is 109 Å². The molecule has 8 bridgehead atoms. The molecule has 6 nitrogen and oxygen atoms in total. The molecule has 0 saturated heterocycles. The summed E-state index contributed by atoms with van der Waals surface area (Å²) in [5.74, 6) is 13.5. The number of nitrogens with one attached hydrogen (secondary N) is 2. The monoisotopic (exact) mass is 674 g/mol. The molecule has 2 N–H and O–H groups in total. The molecule has 0 aliphatic carbocycles. The Hall–Kier alpha value is -5.41. The van der Waals surface area contributed by atoms with Crippen molar-refractivity contribution >= 4 is 19.0 Å². The number of benzene rings is 2. The number of ether oxygens (including phenoxy) is 2. The van der Waals surface area contributed by atoms with Crippen LogP contribution in [0.5, 0.6) is 11.5 Å². The first-order chi connectivity index (χ1) is 24.3. The van der Waals surface area contributed by atoms with Crippen LogP contribution >= 0.6 is 0 Å². The Labute approximate surface area is 293 Å². The van der Waals surface area contributed by atoms with E-state index < -0.39 is 13.3 Å². The topological polar surface area (TPSA) is 76.3 Å². The fourth-order valence-corrected chi connectivity index (χ4v) is 6.12. The highest BCUT2D eigenvalue weighted by atomic mass is 19.2. The van der Waals surface area contributed by atoms with Gasteiger partial charge in [-0.15, -0.1) is 0 Å². The molecule has 0 amide bonds. The van der Waals surface area contributed by atoms with Gasteiger partial charge in [0.1, 0.15) is 17.3 Å². The van der Waals surface area contributed by atoms with Crippen molar-refractivity contribution in [3.8, 4) is 35.2 Å². The van der Waals surface area contributed by atoms with Crippen LogP contribution in [-0.2, 0) is 30.3 Å². The molecule has 3 heterocycles. The van der Waals surface area contributed by atoms with E-state index in [0.29, 0.717) is 73.2 Å². The van der Waals surface area contributed by atoms with Gasteiger partial charge in [-0.25, -0.2) is 8.63 Å². The summed E-state index contributed by atoms with van der Waals surface area (Å²) in [5.41, 5.74) is 6.66. The number of aromatic nitrogens is 2. The van der Waals surface area contributed by atoms with Gasteiger partial charge >= 0.3 is 7.47 Å². The van der Waals surface area contributed by atoms with E-state index in [4.69, 9.17) is 14.1 Å². The maximum atomic E-state index is 13.9. The van der Waals surface area contributed by atoms with Crippen LogP contribution in [0.25, 0.3) is 5.76 Å². The van der Waals surface area contributed by atoms with E-state index in [1.54, 1.807) is 0 Å². The van der Waals surface area contributed by atoms with Crippen LogP contribution in [0.15, 0.2) is 66.8 Å². The predicted octanol–water partition coefficient (Wildman–Crippen LogP) is 8.66. The number of fused-ring (bicyclic) bond motifs is 8. The lowest BCUT2D eigenvalue weighted by Gasteiger charge is -2.10. The fourth-order valence-electron chi connectivity index (χ4n) is 6.12. The van der Waals surface area contributed by atoms with Crippen molar-refractivity contribution in [1.29, 1.82) is 0 Å². The van der Waals surface area contributed by atoms with E-state index in [0.717, 1.165) is 52.3 Å². The zero-order valence-corrected chi connectivity index (χ0v) is 29.0. The van der Waals surface area contributed by atoms with E-state index in [9.17, 15) is 13.4 Å². The Morgan fingerprint density at radius 3 is 1.66 bits per heavy atom. The molecule has 2 aromatic carbocycles. The number of ketones is 1. The number of rotatable bonds is 6. The summed E-state index contributed by atoms with van der Waals surface area (Å²) in [6.45, 7) is 8.90. The first kappa shape index (κ1) is 35.9. The average Bonchev–Trinajstić information content (AvgIpc) is 3.67. The number of carbonyl (C=O) groups excluding carboxylic acids is 1. The molecular weight excluding hydrogens is 633 g/mol. The van der Waals surface area contributed by atoms with Crippen LogP contribution in [0.3, 0.4) is 0 Å². The zero-order chi connectivity index (χ0) is 35.5. The lowest BCUT2D eigenvalue weighted by atomic mass is 10.00. The van der Waals surface area contributed by atoms with Crippen LogP contribution < -0.4 is 9.47 Å². The predicted molar refractivity (Wildman–Crippen MR) is 195 cm³/mol. The van der Waals surface area contributed by atoms with Gasteiger partial charge in [-0.2, -0.15) is 0 Å². The highest BCUT2D eigenvalue weighted by Gasteiger charge is 2.27. The van der Waals surface area contributed by atoms with Crippen molar-refractivity contribution < 1.29 is 27.6 Å². The van der Waals surface area contributed by atoms with Gasteiger partial charge in [0.2, 0.25) is 5.78 Å². The maximum Gasteiger partial charge on any atom is 0.796 e. The van der Waals surface area contributed by atoms with E-state index in [1.165, 1.54) is 0 Å². The third kappa shape index (κ3) is 8.78. The minimum Gasteiger partial charge on any atom is -0.503 e. The number of carbonyl (C=O) groups is 1. The van der Waals surface area contributed by atoms with E-state index in [1.807, 2.05) is 76.2 Å². The Balaban J connectivity index is 1.63. The minimum atomic E-state index is -3.15. The van der Waals surface area contributed by atoms with Crippen LogP contribution in [0, 0.1) is 23.7 Å². The Kier molecular flexibility index (Phi) is 12.4. The normalized spacial score (nSPS) is 15.1. The van der Waals surface area contributed by atoms with E-state index >= 15 is 0 Å². The standard InChI is InChI=1S/C41H41BF2N2O4/c1-5-32-34(7-3)40-38(47)27-39(50-42(43)44)41-35(8-4)33(6-2)37(46-41)22-20-29-16-14-18-31(26-29)49-24-12-10-9-11-23-48-30-17-13-15-28(25-30)19-21-36(32)45-40/h9-10,13-18,25-27,45-46H,5-8,11-12,23-24H2,1-4H3/b10-9-,39-27+. The second-order valence-corrected chi connectivity index (χ2v) is 11.6. The third-order valence-corrected chi connectivity index (χ3v) is 8.43. The molecule has 4 aromatic rings. The zero-order valence-electron chi connectivity index (χ0n) is 29.0. The molecule has 1 aliphatic heterocycles. The molecule has 0 saturated carbocycles. The molecule has 0 atom stereocenters. The van der Waals surface area contributed by atoms with Gasteiger partial charge < -0.3 is 24.1 Å². The SMILES string of the molecule is CCc1c2[nH]c(c1CC)C(=O)/C=C(/OB(F)F)c1[nH]c(c(CC)c1CC)C#Cc1cccc(c1)OCC/C=C\CCOc1cccc(c1)C#C2. The van der Waals surface area contributed by atoms with Crippen LogP contribution in [0.4, 0.5) is 8.63 Å². The van der Waals surface area contributed by atoms with Crippen molar-refractivity contribution in [2.45, 2.75) is 66.2 Å². The van der Waals surface area contributed by atoms with Gasteiger partial charge in [0, 0.05) is 17.2 Å². The fraction of sp³-hybridized carbons (Fsp3) is 0.293. The van der Waals surface area contributed by atoms with Crippen molar-refractivity contribution in [1.82, 2.24) is 9.97 Å². The molecule has 2 aromatic heterocycles. The molecular formula is C41H41BF2N2O4. The third-order valence-electron chi connectivity index (χ3n) is 8.43. The number of halogens is 2. The summed E-state index contributed by atoms with van der Waals surface area (Å²) in [5, 5.41) is 0. The Bertz CT molecular complexity index is 2020. The van der Waals surface area contributed by atoms with Crippen molar-refractivity contribution in [3.63, 3.8) is 0 Å². The first-order valence-corrected chi connectivity index (χ1v) is 17.2. The lowest BCUT2D eigenvalue weighted by molar-refractivity contribution is 0.104. The number of allylic oxidation sites excluding steroid dienone is 1. The molecule has 256 valence electrons. The number of H-pyrrole nitrogens is 2. The van der Waals surface area contributed by atoms with Crippen molar-refractivity contribution in [2.24, 2.45) is 0 Å². The van der Waals surface area contributed by atoms with Crippen LogP contribution in [0.2, 0.25) is 0 Å². The Morgan fingerprint density at radius 2 is 1.18 bits per heavy atom. The van der Waals surface area contributed by atoms with Gasteiger partial charge in [-0.1, -0.05) is 63.8 Å². The lowest BCUT2D eigenvalue weighted by Crippen LogP contribution is -2.09. The average molecular weight is 675 g/mol. The van der Waals surface area contributed by atoms with E-state index in [2.05, 4.69) is 45.8 Å². The van der Waals surface area contributed by atoms with Gasteiger partial charge in [0.25, 0.3) is 0 Å². The molecule has 0 fully saturated rings. The minimum absolute atomic E-state index is 0.245. The van der Waals surface area contributed by atoms with Crippen LogP contribution in [-0.4, -0.2) is 36.4 Å². The van der Waals surface area contributed by atoms with Crippen LogP contribution in [0.1, 0.15) is 101 Å². The molecule has 9 heteroatoms. The van der Waals surface area contributed by atoms with Crippen molar-refractivity contribution in [2.75, 3.05) is 13.2 Å². The highest BCUT2D eigenvalue weighted by Crippen LogP contribution is 2.30. The molecule has 0 unspecified atom stereocenters. The summed E-state index contributed by atoms with van der Waals surface area (Å²) >= 11 is 0.